The maximum atomic E-state index is 13.1. The second kappa shape index (κ2) is 3.11. The van der Waals surface area contributed by atoms with Gasteiger partial charge in [-0.1, -0.05) is 20.4 Å². The summed E-state index contributed by atoms with van der Waals surface area (Å²) in [5.74, 6) is 0.0318. The van der Waals surface area contributed by atoms with E-state index >= 15 is 0 Å². The molecule has 2 aliphatic carbocycles. The van der Waals surface area contributed by atoms with Gasteiger partial charge in [-0.25, -0.2) is 0 Å². The van der Waals surface area contributed by atoms with Crippen molar-refractivity contribution < 1.29 is 19.1 Å². The molecule has 19 heavy (non-hydrogen) atoms. The molecule has 4 rings (SSSR count). The summed E-state index contributed by atoms with van der Waals surface area (Å²) in [6.07, 6.45) is 1.95. The van der Waals surface area contributed by atoms with Crippen LogP contribution >= 0.6 is 0 Å². The average Bonchev–Trinajstić information content (AvgIpc) is 3.05. The first-order valence-electron chi connectivity index (χ1n) is 6.98. The molecule has 0 aromatic carbocycles. The minimum Gasteiger partial charge on any atom is -0.460 e. The van der Waals surface area contributed by atoms with Crippen molar-refractivity contribution in [3.63, 3.8) is 0 Å². The third kappa shape index (κ3) is 1.07. The van der Waals surface area contributed by atoms with Gasteiger partial charge in [-0.2, -0.15) is 0 Å². The molecule has 1 spiro atoms. The van der Waals surface area contributed by atoms with Gasteiger partial charge in [0, 0.05) is 5.41 Å². The van der Waals surface area contributed by atoms with E-state index in [1.54, 1.807) is 0 Å². The summed E-state index contributed by atoms with van der Waals surface area (Å²) in [6, 6.07) is 0. The molecule has 2 aliphatic heterocycles. The summed E-state index contributed by atoms with van der Waals surface area (Å²) in [5.41, 5.74) is -0.867. The quantitative estimate of drug-likeness (QED) is 0.287. The van der Waals surface area contributed by atoms with Crippen molar-refractivity contribution in [1.29, 1.82) is 0 Å². The molecular formula is C15H18O4. The Morgan fingerprint density at radius 1 is 1.37 bits per heavy atom. The van der Waals surface area contributed by atoms with Gasteiger partial charge in [-0.3, -0.25) is 9.59 Å². The molecule has 0 bridgehead atoms. The molecular weight excluding hydrogens is 244 g/mol. The fraction of sp³-hybridized carbons (Fsp3) is 0.733. The predicted octanol–water partition coefficient (Wildman–Crippen LogP) is 1.49. The molecule has 2 heterocycles. The molecule has 0 aromatic heterocycles. The number of Topliss-reactive ketones (excluding diaryl/α,β-unsaturated/α-hetero) is 1. The second-order valence-corrected chi connectivity index (χ2v) is 6.76. The van der Waals surface area contributed by atoms with Gasteiger partial charge in [0.15, 0.2) is 11.2 Å². The summed E-state index contributed by atoms with van der Waals surface area (Å²) >= 11 is 0. The predicted molar refractivity (Wildman–Crippen MR) is 66.2 cm³/mol. The molecule has 4 heteroatoms. The average molecular weight is 262 g/mol. The van der Waals surface area contributed by atoms with Crippen molar-refractivity contribution >= 4 is 11.8 Å². The molecule has 4 nitrogen and oxygen atoms in total. The van der Waals surface area contributed by atoms with Gasteiger partial charge in [-0.05, 0) is 30.3 Å². The highest BCUT2D eigenvalue weighted by molar-refractivity contribution is 6.12. The number of rotatable bonds is 0. The SMILES string of the molecule is C=C1COC(=O)[C@]12C[C@H]1C[C@H]3O[C@H]3[C@@H](C)[C@@]1(C)C2=O. The summed E-state index contributed by atoms with van der Waals surface area (Å²) in [4.78, 5) is 25.2. The molecule has 0 N–H and O–H groups in total. The first-order valence-corrected chi connectivity index (χ1v) is 6.98. The number of esters is 1. The van der Waals surface area contributed by atoms with E-state index in [1.165, 1.54) is 0 Å². The van der Waals surface area contributed by atoms with Crippen molar-refractivity contribution in [3.05, 3.63) is 12.2 Å². The van der Waals surface area contributed by atoms with E-state index in [0.717, 1.165) is 6.42 Å². The highest BCUT2D eigenvalue weighted by atomic mass is 16.6. The fourth-order valence-electron chi connectivity index (χ4n) is 4.66. The van der Waals surface area contributed by atoms with Gasteiger partial charge in [0.25, 0.3) is 0 Å². The van der Waals surface area contributed by atoms with Gasteiger partial charge in [0.1, 0.15) is 6.61 Å². The standard InChI is InChI=1S/C15H18O4/c1-7-6-18-13(17)15(7)5-9-4-10-11(19-10)8(2)14(9,3)12(15)16/h8-11H,1,4-6H2,2-3H3/t8-,9-,10-,11+,14-,15-/m1/s1. The molecule has 0 unspecified atom stereocenters. The van der Waals surface area contributed by atoms with Gasteiger partial charge in [-0.15, -0.1) is 0 Å². The Hall–Kier alpha value is -1.16. The lowest BCUT2D eigenvalue weighted by Gasteiger charge is -2.38. The number of cyclic esters (lactones) is 1. The fourth-order valence-corrected chi connectivity index (χ4v) is 4.66. The maximum Gasteiger partial charge on any atom is 0.324 e. The van der Waals surface area contributed by atoms with Crippen LogP contribution in [0.5, 0.6) is 0 Å². The van der Waals surface area contributed by atoms with Crippen LogP contribution in [0.1, 0.15) is 26.7 Å². The number of fused-ring (bicyclic) bond motifs is 2. The van der Waals surface area contributed by atoms with Crippen molar-refractivity contribution in [2.75, 3.05) is 6.61 Å². The third-order valence-corrected chi connectivity index (χ3v) is 6.18. The maximum absolute atomic E-state index is 13.1. The Balaban J connectivity index is 1.83. The lowest BCUT2D eigenvalue weighted by molar-refractivity contribution is -0.151. The van der Waals surface area contributed by atoms with Crippen LogP contribution in [0.3, 0.4) is 0 Å². The molecule has 6 atom stereocenters. The Morgan fingerprint density at radius 3 is 2.74 bits per heavy atom. The summed E-state index contributed by atoms with van der Waals surface area (Å²) in [6.45, 7) is 8.23. The lowest BCUT2D eigenvalue weighted by Crippen LogP contribution is -2.46. The van der Waals surface area contributed by atoms with E-state index in [1.807, 2.05) is 6.92 Å². The molecule has 4 fully saturated rings. The van der Waals surface area contributed by atoms with Gasteiger partial charge < -0.3 is 9.47 Å². The Kier molecular flexibility index (Phi) is 1.91. The number of carbonyl (C=O) groups is 2. The second-order valence-electron chi connectivity index (χ2n) is 6.76. The zero-order chi connectivity index (χ0) is 13.6. The molecule has 0 radical (unpaired) electrons. The van der Waals surface area contributed by atoms with E-state index in [9.17, 15) is 9.59 Å². The number of hydrogen-bond acceptors (Lipinski definition) is 4. The smallest absolute Gasteiger partial charge is 0.324 e. The van der Waals surface area contributed by atoms with Crippen LogP contribution in [0.2, 0.25) is 0 Å². The van der Waals surface area contributed by atoms with Crippen LogP contribution in [0.4, 0.5) is 0 Å². The highest BCUT2D eigenvalue weighted by Gasteiger charge is 2.73. The Labute approximate surface area is 112 Å². The number of hydrogen-bond donors (Lipinski definition) is 0. The summed E-state index contributed by atoms with van der Waals surface area (Å²) < 4.78 is 10.8. The lowest BCUT2D eigenvalue weighted by atomic mass is 9.62. The molecule has 0 aromatic rings. The minimum absolute atomic E-state index is 0.0268. The van der Waals surface area contributed by atoms with Crippen molar-refractivity contribution in [2.45, 2.75) is 38.9 Å². The number of ether oxygens (including phenoxy) is 2. The van der Waals surface area contributed by atoms with Crippen molar-refractivity contribution in [3.8, 4) is 0 Å². The zero-order valence-corrected chi connectivity index (χ0v) is 11.3. The van der Waals surface area contributed by atoms with Crippen molar-refractivity contribution in [1.82, 2.24) is 0 Å². The van der Waals surface area contributed by atoms with Gasteiger partial charge >= 0.3 is 5.97 Å². The van der Waals surface area contributed by atoms with E-state index in [4.69, 9.17) is 9.47 Å². The van der Waals surface area contributed by atoms with Gasteiger partial charge in [0.05, 0.1) is 12.2 Å². The monoisotopic (exact) mass is 262 g/mol. The number of carbonyl (C=O) groups excluding carboxylic acids is 2. The largest absolute Gasteiger partial charge is 0.460 e. The molecule has 0 amide bonds. The number of ketones is 1. The van der Waals surface area contributed by atoms with Gasteiger partial charge in [0.2, 0.25) is 0 Å². The first-order chi connectivity index (χ1) is 8.92. The normalized spacial score (nSPS) is 55.2. The van der Waals surface area contributed by atoms with E-state index in [-0.39, 0.29) is 36.3 Å². The van der Waals surface area contributed by atoms with E-state index in [2.05, 4.69) is 13.5 Å². The molecule has 4 aliphatic rings. The van der Waals surface area contributed by atoms with Crippen LogP contribution in [0, 0.1) is 22.7 Å². The summed E-state index contributed by atoms with van der Waals surface area (Å²) in [7, 11) is 0. The Bertz CT molecular complexity index is 506. The van der Waals surface area contributed by atoms with Crippen LogP contribution < -0.4 is 0 Å². The molecule has 2 saturated carbocycles. The van der Waals surface area contributed by atoms with Crippen LogP contribution in [-0.2, 0) is 19.1 Å². The third-order valence-electron chi connectivity index (χ3n) is 6.18. The zero-order valence-electron chi connectivity index (χ0n) is 11.3. The Morgan fingerprint density at radius 2 is 2.11 bits per heavy atom. The molecule has 102 valence electrons. The van der Waals surface area contributed by atoms with Crippen molar-refractivity contribution in [2.24, 2.45) is 22.7 Å². The first kappa shape index (κ1) is 11.6. The van der Waals surface area contributed by atoms with E-state index in [0.29, 0.717) is 18.1 Å². The molecule has 2 saturated heterocycles. The van der Waals surface area contributed by atoms with Crippen LogP contribution in [0.15, 0.2) is 12.2 Å². The van der Waals surface area contributed by atoms with Crippen LogP contribution in [-0.4, -0.2) is 30.6 Å². The van der Waals surface area contributed by atoms with E-state index < -0.39 is 10.8 Å². The summed E-state index contributed by atoms with van der Waals surface area (Å²) in [5, 5.41) is 0. The minimum atomic E-state index is -1.05. The number of epoxide rings is 1. The topological polar surface area (TPSA) is 55.9 Å². The highest BCUT2D eigenvalue weighted by Crippen LogP contribution is 2.65. The van der Waals surface area contributed by atoms with Crippen LogP contribution in [0.25, 0.3) is 0 Å².